The molecule has 1 amide bonds. The second kappa shape index (κ2) is 7.43. The smallest absolute Gasteiger partial charge is 0.270 e. The number of amides is 1. The van der Waals surface area contributed by atoms with Crippen molar-refractivity contribution in [3.05, 3.63) is 59.9 Å². The highest BCUT2D eigenvalue weighted by Crippen LogP contribution is 2.09. The van der Waals surface area contributed by atoms with Gasteiger partial charge in [-0.05, 0) is 38.0 Å². The minimum atomic E-state index is -0.142. The van der Waals surface area contributed by atoms with E-state index in [9.17, 15) is 4.79 Å². The summed E-state index contributed by atoms with van der Waals surface area (Å²) in [6.45, 7) is 4.68. The molecule has 0 fully saturated rings. The van der Waals surface area contributed by atoms with E-state index >= 15 is 0 Å². The Morgan fingerprint density at radius 3 is 2.67 bits per heavy atom. The van der Waals surface area contributed by atoms with Gasteiger partial charge in [0.2, 0.25) is 0 Å². The van der Waals surface area contributed by atoms with Gasteiger partial charge in [0.25, 0.3) is 5.91 Å². The lowest BCUT2D eigenvalue weighted by Gasteiger charge is -2.10. The normalized spacial score (nSPS) is 10.4. The first kappa shape index (κ1) is 15.0. The number of hydrogen-bond acceptors (Lipinski definition) is 3. The van der Waals surface area contributed by atoms with Gasteiger partial charge in [0.1, 0.15) is 5.69 Å². The fourth-order valence-corrected chi connectivity index (χ4v) is 2.00. The number of rotatable bonds is 6. The van der Waals surface area contributed by atoms with Crippen LogP contribution in [0, 0.1) is 0 Å². The number of benzene rings is 1. The largest absolute Gasteiger partial charge is 0.385 e. The molecule has 0 aliphatic heterocycles. The van der Waals surface area contributed by atoms with Crippen LogP contribution in [0.3, 0.4) is 0 Å². The molecule has 0 spiro atoms. The van der Waals surface area contributed by atoms with Gasteiger partial charge in [-0.3, -0.25) is 9.78 Å². The predicted molar refractivity (Wildman–Crippen MR) is 85.5 cm³/mol. The third-order valence-electron chi connectivity index (χ3n) is 3.00. The average molecular weight is 283 g/mol. The maximum atomic E-state index is 11.9. The molecule has 0 aliphatic carbocycles. The van der Waals surface area contributed by atoms with Gasteiger partial charge in [-0.1, -0.05) is 30.3 Å². The number of aromatic nitrogens is 1. The summed E-state index contributed by atoms with van der Waals surface area (Å²) < 4.78 is 0. The summed E-state index contributed by atoms with van der Waals surface area (Å²) in [6, 6.07) is 14.1. The summed E-state index contributed by atoms with van der Waals surface area (Å²) in [5.74, 6) is -0.142. The van der Waals surface area contributed by atoms with Crippen LogP contribution in [0.2, 0.25) is 0 Å². The van der Waals surface area contributed by atoms with Crippen molar-refractivity contribution in [2.24, 2.45) is 0 Å². The van der Waals surface area contributed by atoms with Crippen molar-refractivity contribution in [2.45, 2.75) is 26.3 Å². The maximum absolute atomic E-state index is 11.9. The Morgan fingerprint density at radius 1 is 1.19 bits per heavy atom. The first-order valence-corrected chi connectivity index (χ1v) is 7.20. The number of carbonyl (C=O) groups excluding carboxylic acids is 1. The molecule has 0 bridgehead atoms. The van der Waals surface area contributed by atoms with Gasteiger partial charge in [-0.2, -0.15) is 0 Å². The van der Waals surface area contributed by atoms with Gasteiger partial charge >= 0.3 is 0 Å². The van der Waals surface area contributed by atoms with Crippen LogP contribution in [0.25, 0.3) is 0 Å². The molecule has 0 aliphatic rings. The van der Waals surface area contributed by atoms with Crippen molar-refractivity contribution in [1.29, 1.82) is 0 Å². The van der Waals surface area contributed by atoms with Crippen LogP contribution in [0.5, 0.6) is 0 Å². The van der Waals surface area contributed by atoms with E-state index in [1.165, 1.54) is 5.56 Å². The molecule has 2 aromatic rings. The van der Waals surface area contributed by atoms with Gasteiger partial charge in [-0.15, -0.1) is 0 Å². The zero-order chi connectivity index (χ0) is 15.1. The van der Waals surface area contributed by atoms with Crippen LogP contribution in [0.4, 0.5) is 5.69 Å². The van der Waals surface area contributed by atoms with Gasteiger partial charge in [0.15, 0.2) is 0 Å². The molecule has 2 rings (SSSR count). The molecular weight excluding hydrogens is 262 g/mol. The number of anilines is 1. The Morgan fingerprint density at radius 2 is 1.95 bits per heavy atom. The Bertz CT molecular complexity index is 582. The number of nitrogens with one attached hydrogen (secondary N) is 2. The van der Waals surface area contributed by atoms with E-state index in [0.717, 1.165) is 18.7 Å². The average Bonchev–Trinajstić information content (AvgIpc) is 2.48. The standard InChI is InChI=1S/C17H21N3O/c1-13(2)20-17(21)16-12-15(9-11-19-16)18-10-8-14-6-4-3-5-7-14/h3-7,9,11-13H,8,10H2,1-2H3,(H,18,19)(H,20,21). The van der Waals surface area contributed by atoms with E-state index in [4.69, 9.17) is 0 Å². The molecular formula is C17H21N3O. The van der Waals surface area contributed by atoms with E-state index < -0.39 is 0 Å². The lowest BCUT2D eigenvalue weighted by atomic mass is 10.1. The highest BCUT2D eigenvalue weighted by molar-refractivity contribution is 5.93. The van der Waals surface area contributed by atoms with Crippen LogP contribution in [0.15, 0.2) is 48.7 Å². The Hall–Kier alpha value is -2.36. The van der Waals surface area contributed by atoms with E-state index in [1.807, 2.05) is 38.1 Å². The van der Waals surface area contributed by atoms with Gasteiger partial charge in [0.05, 0.1) is 0 Å². The number of hydrogen-bond donors (Lipinski definition) is 2. The summed E-state index contributed by atoms with van der Waals surface area (Å²) in [4.78, 5) is 16.0. The molecule has 0 saturated heterocycles. The summed E-state index contributed by atoms with van der Waals surface area (Å²) in [5, 5.41) is 6.16. The first-order chi connectivity index (χ1) is 10.1. The molecule has 1 aromatic carbocycles. The van der Waals surface area contributed by atoms with Crippen molar-refractivity contribution >= 4 is 11.6 Å². The van der Waals surface area contributed by atoms with Crippen LogP contribution in [-0.4, -0.2) is 23.5 Å². The van der Waals surface area contributed by atoms with E-state index in [0.29, 0.717) is 5.69 Å². The molecule has 2 N–H and O–H groups in total. The summed E-state index contributed by atoms with van der Waals surface area (Å²) in [7, 11) is 0. The van der Waals surface area contributed by atoms with Crippen molar-refractivity contribution in [3.63, 3.8) is 0 Å². The lowest BCUT2D eigenvalue weighted by molar-refractivity contribution is 0.0938. The fourth-order valence-electron chi connectivity index (χ4n) is 2.00. The highest BCUT2D eigenvalue weighted by Gasteiger charge is 2.08. The third kappa shape index (κ3) is 4.91. The number of carbonyl (C=O) groups is 1. The van der Waals surface area contributed by atoms with E-state index in [-0.39, 0.29) is 11.9 Å². The maximum Gasteiger partial charge on any atom is 0.270 e. The number of nitrogens with zero attached hydrogens (tertiary/aromatic N) is 1. The van der Waals surface area contributed by atoms with Gasteiger partial charge in [0, 0.05) is 24.5 Å². The zero-order valence-electron chi connectivity index (χ0n) is 12.5. The number of pyridine rings is 1. The third-order valence-corrected chi connectivity index (χ3v) is 3.00. The lowest BCUT2D eigenvalue weighted by Crippen LogP contribution is -2.30. The van der Waals surface area contributed by atoms with Crippen molar-refractivity contribution in [2.75, 3.05) is 11.9 Å². The molecule has 0 atom stereocenters. The molecule has 21 heavy (non-hydrogen) atoms. The first-order valence-electron chi connectivity index (χ1n) is 7.20. The van der Waals surface area contributed by atoms with Crippen LogP contribution < -0.4 is 10.6 Å². The van der Waals surface area contributed by atoms with Crippen LogP contribution in [-0.2, 0) is 6.42 Å². The predicted octanol–water partition coefficient (Wildman–Crippen LogP) is 2.87. The summed E-state index contributed by atoms with van der Waals surface area (Å²) in [6.07, 6.45) is 2.59. The summed E-state index contributed by atoms with van der Waals surface area (Å²) in [5.41, 5.74) is 2.64. The zero-order valence-corrected chi connectivity index (χ0v) is 12.5. The minimum absolute atomic E-state index is 0.106. The molecule has 1 aromatic heterocycles. The highest BCUT2D eigenvalue weighted by atomic mass is 16.1. The Kier molecular flexibility index (Phi) is 5.32. The monoisotopic (exact) mass is 283 g/mol. The molecule has 4 heteroatoms. The van der Waals surface area contributed by atoms with E-state index in [2.05, 4.69) is 27.8 Å². The minimum Gasteiger partial charge on any atom is -0.385 e. The van der Waals surface area contributed by atoms with Crippen molar-refractivity contribution in [3.8, 4) is 0 Å². The van der Waals surface area contributed by atoms with Crippen molar-refractivity contribution < 1.29 is 4.79 Å². The van der Waals surface area contributed by atoms with Crippen LogP contribution in [0.1, 0.15) is 29.9 Å². The molecule has 4 nitrogen and oxygen atoms in total. The van der Waals surface area contributed by atoms with E-state index in [1.54, 1.807) is 12.3 Å². The SMILES string of the molecule is CC(C)NC(=O)c1cc(NCCc2ccccc2)ccn1. The molecule has 1 heterocycles. The second-order valence-corrected chi connectivity index (χ2v) is 5.22. The Balaban J connectivity index is 1.90. The Labute approximate surface area is 125 Å². The molecule has 110 valence electrons. The van der Waals surface area contributed by atoms with Crippen molar-refractivity contribution in [1.82, 2.24) is 10.3 Å². The topological polar surface area (TPSA) is 54.0 Å². The molecule has 0 unspecified atom stereocenters. The quantitative estimate of drug-likeness (QED) is 0.857. The summed E-state index contributed by atoms with van der Waals surface area (Å²) >= 11 is 0. The second-order valence-electron chi connectivity index (χ2n) is 5.22. The van der Waals surface area contributed by atoms with Gasteiger partial charge in [-0.25, -0.2) is 0 Å². The molecule has 0 saturated carbocycles. The fraction of sp³-hybridized carbons (Fsp3) is 0.294. The molecule has 0 radical (unpaired) electrons. The van der Waals surface area contributed by atoms with Gasteiger partial charge < -0.3 is 10.6 Å². The van der Waals surface area contributed by atoms with Crippen LogP contribution >= 0.6 is 0 Å².